The fourth-order valence-electron chi connectivity index (χ4n) is 6.15. The van der Waals surface area contributed by atoms with Crippen LogP contribution in [0.4, 0.5) is 0 Å². The molecule has 6 nitrogen and oxygen atoms in total. The quantitative estimate of drug-likeness (QED) is 0.822. The fourth-order valence-corrected chi connectivity index (χ4v) is 6.15. The summed E-state index contributed by atoms with van der Waals surface area (Å²) in [7, 11) is 3.02. The Morgan fingerprint density at radius 3 is 1.89 bits per heavy atom. The van der Waals surface area contributed by atoms with Crippen molar-refractivity contribution in [3.05, 3.63) is 23.8 Å². The van der Waals surface area contributed by atoms with Gasteiger partial charge in [0.1, 0.15) is 11.5 Å². The summed E-state index contributed by atoms with van der Waals surface area (Å²) < 4.78 is 10.4. The number of ether oxygens (including phenoxy) is 2. The van der Waals surface area contributed by atoms with Crippen LogP contribution in [0.5, 0.6) is 11.5 Å². The highest BCUT2D eigenvalue weighted by Gasteiger charge is 2.54. The lowest BCUT2D eigenvalue weighted by molar-refractivity contribution is -0.313. The first kappa shape index (κ1) is 18.1. The van der Waals surface area contributed by atoms with Gasteiger partial charge in [-0.1, -0.05) is 0 Å². The Labute approximate surface area is 159 Å². The van der Waals surface area contributed by atoms with Crippen molar-refractivity contribution in [3.63, 3.8) is 0 Å². The summed E-state index contributed by atoms with van der Waals surface area (Å²) in [4.78, 5) is 24.9. The summed E-state index contributed by atoms with van der Waals surface area (Å²) in [5.74, 6) is 1.13. The van der Waals surface area contributed by atoms with E-state index in [-0.39, 0.29) is 5.41 Å². The summed E-state index contributed by atoms with van der Waals surface area (Å²) in [6.07, 6.45) is 6.25. The Morgan fingerprint density at radius 2 is 1.48 bits per heavy atom. The van der Waals surface area contributed by atoms with Gasteiger partial charge in [0.15, 0.2) is 0 Å². The monoisotopic (exact) mass is 372 g/mol. The largest absolute Gasteiger partial charge is 0.548 e. The van der Waals surface area contributed by atoms with E-state index in [9.17, 15) is 14.7 Å². The molecule has 1 amide bonds. The van der Waals surface area contributed by atoms with Crippen LogP contribution < -0.4 is 19.9 Å². The van der Waals surface area contributed by atoms with Crippen LogP contribution >= 0.6 is 0 Å². The Kier molecular flexibility index (Phi) is 4.52. The molecule has 0 aliphatic heterocycles. The van der Waals surface area contributed by atoms with Crippen molar-refractivity contribution in [2.45, 2.75) is 44.6 Å². The molecule has 146 valence electrons. The number of hydrogen-bond acceptors (Lipinski definition) is 5. The number of carbonyl (C=O) groups excluding carboxylic acids is 2. The van der Waals surface area contributed by atoms with Crippen LogP contribution in [0.1, 0.15) is 48.9 Å². The predicted molar refractivity (Wildman–Crippen MR) is 96.4 cm³/mol. The smallest absolute Gasteiger partial charge is 0.252 e. The number of aliphatic carboxylic acids is 1. The predicted octanol–water partition coefficient (Wildman–Crippen LogP) is 1.77. The van der Waals surface area contributed by atoms with E-state index in [0.29, 0.717) is 34.8 Å². The van der Waals surface area contributed by atoms with Gasteiger partial charge < -0.3 is 24.7 Å². The maximum atomic E-state index is 12.9. The zero-order chi connectivity index (χ0) is 19.2. The van der Waals surface area contributed by atoms with E-state index < -0.39 is 17.9 Å². The Balaban J connectivity index is 1.59. The van der Waals surface area contributed by atoms with E-state index in [4.69, 9.17) is 9.47 Å². The summed E-state index contributed by atoms with van der Waals surface area (Å²) in [6, 6.07) is 3.88. The van der Waals surface area contributed by atoms with Crippen LogP contribution in [0.3, 0.4) is 0 Å². The fraction of sp³-hybridized carbons (Fsp3) is 0.619. The summed E-state index contributed by atoms with van der Waals surface area (Å²) in [5, 5.41) is 14.8. The van der Waals surface area contributed by atoms with Gasteiger partial charge in [0.25, 0.3) is 5.91 Å². The number of hydrogen-bond donors (Lipinski definition) is 1. The van der Waals surface area contributed by atoms with Crippen molar-refractivity contribution >= 4 is 11.9 Å². The Bertz CT molecular complexity index is 701. The number of benzene rings is 1. The van der Waals surface area contributed by atoms with E-state index in [1.807, 2.05) is 0 Å². The SMILES string of the molecule is COc1cc(OC)cc(C(=O)N[C@H](C(=O)[O-])C23CC4CC(CC(C4)C2)C3)c1. The number of amides is 1. The van der Waals surface area contributed by atoms with Gasteiger partial charge in [0.2, 0.25) is 0 Å². The number of carbonyl (C=O) groups is 2. The average Bonchev–Trinajstić information content (AvgIpc) is 2.63. The van der Waals surface area contributed by atoms with E-state index in [2.05, 4.69) is 5.32 Å². The van der Waals surface area contributed by atoms with Crippen LogP contribution in [-0.4, -0.2) is 32.1 Å². The minimum atomic E-state index is -1.18. The van der Waals surface area contributed by atoms with Gasteiger partial charge >= 0.3 is 0 Å². The van der Waals surface area contributed by atoms with Crippen molar-refractivity contribution in [2.24, 2.45) is 23.2 Å². The highest BCUT2D eigenvalue weighted by atomic mass is 16.5. The van der Waals surface area contributed by atoms with Crippen LogP contribution in [0.15, 0.2) is 18.2 Å². The van der Waals surface area contributed by atoms with Gasteiger partial charge in [-0.3, -0.25) is 4.79 Å². The summed E-state index contributed by atoms with van der Waals surface area (Å²) in [6.45, 7) is 0. The molecule has 1 aromatic rings. The molecule has 5 rings (SSSR count). The van der Waals surface area contributed by atoms with Crippen molar-refractivity contribution in [1.29, 1.82) is 0 Å². The molecule has 1 N–H and O–H groups in total. The molecule has 1 atom stereocenters. The normalized spacial score (nSPS) is 32.0. The van der Waals surface area contributed by atoms with E-state index in [1.165, 1.54) is 33.5 Å². The number of carboxylic acids is 1. The molecule has 0 unspecified atom stereocenters. The minimum absolute atomic E-state index is 0.321. The second-order valence-electron chi connectivity index (χ2n) is 8.61. The molecule has 0 saturated heterocycles. The molecule has 4 aliphatic carbocycles. The molecule has 6 heteroatoms. The van der Waals surface area contributed by atoms with Crippen LogP contribution in [0.2, 0.25) is 0 Å². The lowest BCUT2D eigenvalue weighted by Gasteiger charge is -2.59. The van der Waals surface area contributed by atoms with Gasteiger partial charge in [-0.15, -0.1) is 0 Å². The third-order valence-electron chi connectivity index (χ3n) is 6.82. The molecular formula is C21H26NO5-. The van der Waals surface area contributed by atoms with E-state index in [1.54, 1.807) is 18.2 Å². The Morgan fingerprint density at radius 1 is 1.00 bits per heavy atom. The second kappa shape index (κ2) is 6.73. The highest BCUT2D eigenvalue weighted by Crippen LogP contribution is 2.61. The highest BCUT2D eigenvalue weighted by molar-refractivity contribution is 5.97. The van der Waals surface area contributed by atoms with E-state index >= 15 is 0 Å². The molecule has 1 aromatic carbocycles. The minimum Gasteiger partial charge on any atom is -0.548 e. The second-order valence-corrected chi connectivity index (χ2v) is 8.61. The molecule has 4 fully saturated rings. The number of rotatable bonds is 6. The molecule has 4 bridgehead atoms. The summed E-state index contributed by atoms with van der Waals surface area (Å²) >= 11 is 0. The zero-order valence-corrected chi connectivity index (χ0v) is 15.8. The zero-order valence-electron chi connectivity index (χ0n) is 15.8. The first-order valence-electron chi connectivity index (χ1n) is 9.67. The molecule has 0 spiro atoms. The molecule has 0 aromatic heterocycles. The van der Waals surface area contributed by atoms with Gasteiger partial charge in [0, 0.05) is 11.6 Å². The third-order valence-corrected chi connectivity index (χ3v) is 6.82. The van der Waals surface area contributed by atoms with Crippen molar-refractivity contribution in [1.82, 2.24) is 5.32 Å². The first-order valence-corrected chi connectivity index (χ1v) is 9.67. The van der Waals surface area contributed by atoms with Gasteiger partial charge in [-0.25, -0.2) is 0 Å². The number of carboxylic acid groups (broad SMARTS) is 1. The molecule has 27 heavy (non-hydrogen) atoms. The summed E-state index contributed by atoms with van der Waals surface area (Å²) in [5.41, 5.74) is -0.0474. The molecule has 0 heterocycles. The standard InChI is InChI=1S/C21H27NO5/c1-26-16-6-15(7-17(8-16)27-2)19(23)22-18(20(24)25)21-9-12-3-13(10-21)5-14(4-12)11-21/h6-8,12-14,18H,3-5,9-11H2,1-2H3,(H,22,23)(H,24,25)/p-1/t12?,13?,14?,18-,21?/m1/s1. The molecule has 0 radical (unpaired) electrons. The van der Waals surface area contributed by atoms with Crippen LogP contribution in [-0.2, 0) is 4.79 Å². The average molecular weight is 372 g/mol. The molecule has 4 aliphatic rings. The van der Waals surface area contributed by atoms with Crippen molar-refractivity contribution in [3.8, 4) is 11.5 Å². The molecular weight excluding hydrogens is 346 g/mol. The van der Waals surface area contributed by atoms with Gasteiger partial charge in [-0.05, 0) is 73.8 Å². The first-order chi connectivity index (χ1) is 12.9. The lowest BCUT2D eigenvalue weighted by atomic mass is 9.47. The van der Waals surface area contributed by atoms with Crippen molar-refractivity contribution < 1.29 is 24.2 Å². The van der Waals surface area contributed by atoms with Gasteiger partial charge in [0.05, 0.1) is 26.2 Å². The van der Waals surface area contributed by atoms with Gasteiger partial charge in [-0.2, -0.15) is 0 Å². The maximum Gasteiger partial charge on any atom is 0.252 e. The maximum absolute atomic E-state index is 12.9. The number of methoxy groups -OCH3 is 2. The van der Waals surface area contributed by atoms with Crippen LogP contribution in [0.25, 0.3) is 0 Å². The third kappa shape index (κ3) is 3.26. The number of nitrogens with one attached hydrogen (secondary N) is 1. The molecule has 4 saturated carbocycles. The Hall–Kier alpha value is -2.24. The van der Waals surface area contributed by atoms with Crippen LogP contribution in [0, 0.1) is 23.2 Å². The lowest BCUT2D eigenvalue weighted by Crippen LogP contribution is -2.62. The van der Waals surface area contributed by atoms with Crippen molar-refractivity contribution in [2.75, 3.05) is 14.2 Å². The topological polar surface area (TPSA) is 87.7 Å². The van der Waals surface area contributed by atoms with E-state index in [0.717, 1.165) is 19.3 Å².